The molecular formula is C31H29NO2S2. The summed E-state index contributed by atoms with van der Waals surface area (Å²) in [6, 6.07) is 19.5. The van der Waals surface area contributed by atoms with Crippen molar-refractivity contribution < 1.29 is 9.53 Å². The molecule has 0 radical (unpaired) electrons. The molecule has 1 heterocycles. The number of carbonyl (C=O) groups is 1. The van der Waals surface area contributed by atoms with Crippen molar-refractivity contribution in [3.8, 4) is 16.9 Å². The molecule has 5 heteroatoms. The van der Waals surface area contributed by atoms with E-state index in [0.29, 0.717) is 9.23 Å². The minimum Gasteiger partial charge on any atom is -0.496 e. The van der Waals surface area contributed by atoms with Gasteiger partial charge >= 0.3 is 0 Å². The van der Waals surface area contributed by atoms with E-state index in [1.807, 2.05) is 13.2 Å². The lowest BCUT2D eigenvalue weighted by Gasteiger charge is -2.57. The number of hydrogen-bond acceptors (Lipinski definition) is 4. The van der Waals surface area contributed by atoms with Crippen LogP contribution in [0.2, 0.25) is 0 Å². The summed E-state index contributed by atoms with van der Waals surface area (Å²) in [7, 11) is 1.81. The van der Waals surface area contributed by atoms with Gasteiger partial charge in [0.1, 0.15) is 10.1 Å². The van der Waals surface area contributed by atoms with Crippen molar-refractivity contribution >= 4 is 51.1 Å². The van der Waals surface area contributed by atoms with E-state index >= 15 is 0 Å². The summed E-state index contributed by atoms with van der Waals surface area (Å²) in [6.45, 7) is 0. The second-order valence-corrected chi connectivity index (χ2v) is 12.9. The van der Waals surface area contributed by atoms with Crippen molar-refractivity contribution in [3.05, 3.63) is 70.6 Å². The van der Waals surface area contributed by atoms with Crippen molar-refractivity contribution in [2.24, 2.45) is 17.8 Å². The predicted octanol–water partition coefficient (Wildman–Crippen LogP) is 7.47. The molecule has 5 fully saturated rings. The van der Waals surface area contributed by atoms with Crippen LogP contribution >= 0.6 is 24.0 Å². The van der Waals surface area contributed by atoms with Crippen LogP contribution < -0.4 is 10.1 Å². The number of methoxy groups -OCH3 is 1. The lowest BCUT2D eigenvalue weighted by Crippen LogP contribution is -2.48. The van der Waals surface area contributed by atoms with Gasteiger partial charge in [-0.15, -0.1) is 0 Å². The van der Waals surface area contributed by atoms with Crippen LogP contribution in [0.4, 0.5) is 0 Å². The van der Waals surface area contributed by atoms with Crippen LogP contribution in [0.25, 0.3) is 28.0 Å². The van der Waals surface area contributed by atoms with Gasteiger partial charge in [0.15, 0.2) is 0 Å². The molecule has 0 spiro atoms. The molecule has 3 nitrogen and oxygen atoms in total. The number of nitrogens with one attached hydrogen (secondary N) is 1. The van der Waals surface area contributed by atoms with E-state index in [1.165, 1.54) is 61.4 Å². The molecule has 0 aromatic heterocycles. The number of ether oxygens (including phenoxy) is 1. The normalized spacial score (nSPS) is 29.8. The number of fused-ring (bicyclic) bond motifs is 1. The zero-order chi connectivity index (χ0) is 24.4. The molecule has 1 aliphatic heterocycles. The van der Waals surface area contributed by atoms with Gasteiger partial charge in [-0.05, 0) is 107 Å². The highest BCUT2D eigenvalue weighted by molar-refractivity contribution is 8.26. The maximum atomic E-state index is 12.6. The molecule has 1 N–H and O–H groups in total. The Balaban J connectivity index is 1.41. The monoisotopic (exact) mass is 511 g/mol. The fourth-order valence-corrected chi connectivity index (χ4v) is 9.01. The van der Waals surface area contributed by atoms with Gasteiger partial charge in [-0.25, -0.2) is 0 Å². The first-order valence-electron chi connectivity index (χ1n) is 13.0. The van der Waals surface area contributed by atoms with Gasteiger partial charge in [0, 0.05) is 5.56 Å². The molecule has 36 heavy (non-hydrogen) atoms. The Hall–Kier alpha value is -2.63. The maximum Gasteiger partial charge on any atom is 0.263 e. The Morgan fingerprint density at radius 2 is 1.72 bits per heavy atom. The van der Waals surface area contributed by atoms with Crippen molar-refractivity contribution in [2.45, 2.75) is 43.9 Å². The number of thioether (sulfide) groups is 1. The van der Waals surface area contributed by atoms with E-state index in [9.17, 15) is 4.79 Å². The Morgan fingerprint density at radius 3 is 2.39 bits per heavy atom. The van der Waals surface area contributed by atoms with Crippen LogP contribution in [0.15, 0.2) is 59.5 Å². The van der Waals surface area contributed by atoms with Crippen molar-refractivity contribution in [3.63, 3.8) is 0 Å². The highest BCUT2D eigenvalue weighted by Gasteiger charge is 2.52. The van der Waals surface area contributed by atoms with Crippen molar-refractivity contribution in [1.82, 2.24) is 5.32 Å². The zero-order valence-electron chi connectivity index (χ0n) is 20.4. The van der Waals surface area contributed by atoms with Gasteiger partial charge in [-0.2, -0.15) is 0 Å². The zero-order valence-corrected chi connectivity index (χ0v) is 22.0. The highest BCUT2D eigenvalue weighted by atomic mass is 32.2. The van der Waals surface area contributed by atoms with Crippen molar-refractivity contribution in [1.29, 1.82) is 0 Å². The summed E-state index contributed by atoms with van der Waals surface area (Å²) in [5.74, 6) is 3.51. The second kappa shape index (κ2) is 8.46. The second-order valence-electron chi connectivity index (χ2n) is 11.2. The SMILES string of the molecule is COc1ccc(-c2ccc3ccccc3c2/C=C2/SC(=S)NC2=O)cc1C12CC3CC(CC(C3)C1)C2. The molecule has 3 aromatic rings. The number of rotatable bonds is 4. The lowest BCUT2D eigenvalue weighted by atomic mass is 9.48. The fourth-order valence-electron chi connectivity index (χ4n) is 7.99. The Bertz CT molecular complexity index is 1420. The molecule has 0 unspecified atom stereocenters. The third-order valence-electron chi connectivity index (χ3n) is 9.01. The highest BCUT2D eigenvalue weighted by Crippen LogP contribution is 2.62. The summed E-state index contributed by atoms with van der Waals surface area (Å²) in [4.78, 5) is 13.2. The van der Waals surface area contributed by atoms with E-state index in [1.54, 1.807) is 0 Å². The first-order chi connectivity index (χ1) is 17.5. The number of amides is 1. The topological polar surface area (TPSA) is 38.3 Å². The third kappa shape index (κ3) is 3.62. The summed E-state index contributed by atoms with van der Waals surface area (Å²) in [6.07, 6.45) is 10.2. The first kappa shape index (κ1) is 22.6. The lowest BCUT2D eigenvalue weighted by molar-refractivity contribution is -0.115. The minimum atomic E-state index is -0.118. The van der Waals surface area contributed by atoms with Crippen molar-refractivity contribution in [2.75, 3.05) is 7.11 Å². The molecule has 1 amide bonds. The largest absolute Gasteiger partial charge is 0.496 e. The van der Waals surface area contributed by atoms with Gasteiger partial charge in [0.25, 0.3) is 5.91 Å². The van der Waals surface area contributed by atoms with Gasteiger partial charge in [-0.3, -0.25) is 4.79 Å². The predicted molar refractivity (Wildman–Crippen MR) is 152 cm³/mol. The molecule has 5 aliphatic rings. The van der Waals surface area contributed by atoms with E-state index < -0.39 is 0 Å². The molecule has 3 aromatic carbocycles. The molecular weight excluding hydrogens is 482 g/mol. The van der Waals surface area contributed by atoms with E-state index in [0.717, 1.165) is 45.4 Å². The van der Waals surface area contributed by atoms with Crippen LogP contribution in [0.5, 0.6) is 5.75 Å². The third-order valence-corrected chi connectivity index (χ3v) is 10.2. The van der Waals surface area contributed by atoms with Gasteiger partial charge in [-0.1, -0.05) is 66.4 Å². The Kier molecular flexibility index (Phi) is 5.30. The molecule has 0 atom stereocenters. The maximum absolute atomic E-state index is 12.6. The number of thiocarbonyl (C=S) groups is 1. The average molecular weight is 512 g/mol. The molecule has 1 saturated heterocycles. The van der Waals surface area contributed by atoms with Crippen LogP contribution in [-0.4, -0.2) is 17.3 Å². The summed E-state index contributed by atoms with van der Waals surface area (Å²) in [5, 5.41) is 5.06. The molecule has 4 aliphatic carbocycles. The number of hydrogen-bond donors (Lipinski definition) is 1. The van der Waals surface area contributed by atoms with Crippen LogP contribution in [0.1, 0.15) is 49.7 Å². The Morgan fingerprint density at radius 1 is 1.00 bits per heavy atom. The summed E-state index contributed by atoms with van der Waals surface area (Å²) in [5.41, 5.74) is 5.02. The van der Waals surface area contributed by atoms with Crippen LogP contribution in [0, 0.1) is 17.8 Å². The van der Waals surface area contributed by atoms with Gasteiger partial charge < -0.3 is 10.1 Å². The molecule has 4 saturated carbocycles. The molecule has 182 valence electrons. The molecule has 4 bridgehead atoms. The smallest absolute Gasteiger partial charge is 0.263 e. The quantitative estimate of drug-likeness (QED) is 0.291. The van der Waals surface area contributed by atoms with E-state index in [4.69, 9.17) is 17.0 Å². The summed E-state index contributed by atoms with van der Waals surface area (Å²) < 4.78 is 6.49. The molecule has 8 rings (SSSR count). The number of benzene rings is 3. The summed E-state index contributed by atoms with van der Waals surface area (Å²) >= 11 is 6.60. The fraction of sp³-hybridized carbons (Fsp3) is 0.355. The first-order valence-corrected chi connectivity index (χ1v) is 14.2. The van der Waals surface area contributed by atoms with Crippen LogP contribution in [0.3, 0.4) is 0 Å². The Labute approximate surface area is 221 Å². The van der Waals surface area contributed by atoms with Gasteiger partial charge in [0.05, 0.1) is 12.0 Å². The van der Waals surface area contributed by atoms with E-state index in [2.05, 4.69) is 59.9 Å². The van der Waals surface area contributed by atoms with E-state index in [-0.39, 0.29) is 11.3 Å². The van der Waals surface area contributed by atoms with Crippen LogP contribution in [-0.2, 0) is 10.2 Å². The minimum absolute atomic E-state index is 0.118. The number of carbonyl (C=O) groups excluding carboxylic acids is 1. The van der Waals surface area contributed by atoms with Gasteiger partial charge in [0.2, 0.25) is 0 Å². The standard InChI is InChI=1S/C31H29NO2S2/c1-34-27-9-7-22(13-26(27)31-15-18-10-19(16-31)12-20(11-18)17-31)24-8-6-21-4-2-3-5-23(21)25(24)14-28-29(33)32-30(35)36-28/h2-9,13-14,18-20H,10-12,15-17H2,1H3,(H,32,33,35)/b28-14+. The average Bonchev–Trinajstić information content (AvgIpc) is 3.19.